The van der Waals surface area contributed by atoms with Crippen molar-refractivity contribution in [1.82, 2.24) is 9.97 Å². The van der Waals surface area contributed by atoms with Gasteiger partial charge >= 0.3 is 0 Å². The number of primary amides is 1. The molecule has 5 rings (SSSR count). The number of nitrogens with two attached hydrogens (primary N) is 3. The number of amides is 2. The predicted octanol–water partition coefficient (Wildman–Crippen LogP) is 3.16. The fourth-order valence-corrected chi connectivity index (χ4v) is 4.65. The Morgan fingerprint density at radius 1 is 1.08 bits per heavy atom. The number of aromatic nitrogens is 2. The molecule has 36 heavy (non-hydrogen) atoms. The molecule has 3 heterocycles. The maximum absolute atomic E-state index is 13.3. The van der Waals surface area contributed by atoms with E-state index in [1.165, 1.54) is 0 Å². The first-order valence-corrected chi connectivity index (χ1v) is 11.8. The Hall–Kier alpha value is -4.50. The van der Waals surface area contributed by atoms with Crippen molar-refractivity contribution in [2.45, 2.75) is 18.9 Å². The molecule has 1 saturated heterocycles. The van der Waals surface area contributed by atoms with Crippen molar-refractivity contribution in [3.63, 3.8) is 0 Å². The van der Waals surface area contributed by atoms with Crippen LogP contribution in [0.1, 0.15) is 33.7 Å². The zero-order valence-electron chi connectivity index (χ0n) is 19.6. The second-order valence-electron chi connectivity index (χ2n) is 8.94. The molecule has 9 heteroatoms. The third-order valence-electron chi connectivity index (χ3n) is 6.41. The van der Waals surface area contributed by atoms with Gasteiger partial charge in [0.1, 0.15) is 0 Å². The van der Waals surface area contributed by atoms with Gasteiger partial charge in [0.25, 0.3) is 5.91 Å². The van der Waals surface area contributed by atoms with Gasteiger partial charge in [0.2, 0.25) is 5.91 Å². The van der Waals surface area contributed by atoms with Crippen LogP contribution in [-0.2, 0) is 0 Å². The number of pyridine rings is 2. The van der Waals surface area contributed by atoms with E-state index in [1.807, 2.05) is 36.4 Å². The van der Waals surface area contributed by atoms with Gasteiger partial charge in [-0.1, -0.05) is 30.3 Å². The number of fused-ring (bicyclic) bond motifs is 1. The van der Waals surface area contributed by atoms with E-state index < -0.39 is 11.8 Å². The summed E-state index contributed by atoms with van der Waals surface area (Å²) in [6.45, 7) is 1.56. The highest BCUT2D eigenvalue weighted by Gasteiger charge is 2.21. The average Bonchev–Trinajstić information content (AvgIpc) is 2.88. The largest absolute Gasteiger partial charge is 0.397 e. The van der Waals surface area contributed by atoms with E-state index in [9.17, 15) is 9.59 Å². The molecule has 1 unspecified atom stereocenters. The van der Waals surface area contributed by atoms with Gasteiger partial charge in [0.15, 0.2) is 5.69 Å². The third kappa shape index (κ3) is 4.56. The van der Waals surface area contributed by atoms with Crippen molar-refractivity contribution in [1.29, 1.82) is 0 Å². The highest BCUT2D eigenvalue weighted by molar-refractivity contribution is 6.09. The maximum Gasteiger partial charge on any atom is 0.276 e. The number of nitrogen functional groups attached to an aromatic ring is 1. The molecule has 1 atom stereocenters. The van der Waals surface area contributed by atoms with Gasteiger partial charge in [0.05, 0.1) is 28.8 Å². The van der Waals surface area contributed by atoms with Crippen molar-refractivity contribution >= 4 is 39.8 Å². The van der Waals surface area contributed by atoms with E-state index in [0.29, 0.717) is 28.9 Å². The van der Waals surface area contributed by atoms with Gasteiger partial charge in [-0.2, -0.15) is 0 Å². The van der Waals surface area contributed by atoms with Crippen LogP contribution in [0, 0.1) is 0 Å². The Balaban J connectivity index is 1.48. The number of carbonyl (C=O) groups excluding carboxylic acids is 2. The van der Waals surface area contributed by atoms with E-state index in [-0.39, 0.29) is 17.4 Å². The molecule has 4 aromatic rings. The van der Waals surface area contributed by atoms with Crippen LogP contribution in [0.3, 0.4) is 0 Å². The van der Waals surface area contributed by atoms with Crippen LogP contribution < -0.4 is 27.4 Å². The molecule has 182 valence electrons. The Labute approximate surface area is 208 Å². The summed E-state index contributed by atoms with van der Waals surface area (Å²) in [6.07, 6.45) is 5.27. The van der Waals surface area contributed by atoms with Crippen LogP contribution >= 0.6 is 0 Å². The number of rotatable bonds is 5. The molecule has 7 N–H and O–H groups in total. The normalized spacial score (nSPS) is 15.6. The lowest BCUT2D eigenvalue weighted by molar-refractivity contribution is 0.0997. The zero-order chi connectivity index (χ0) is 25.2. The molecule has 9 nitrogen and oxygen atoms in total. The predicted molar refractivity (Wildman–Crippen MR) is 142 cm³/mol. The first-order chi connectivity index (χ1) is 17.4. The van der Waals surface area contributed by atoms with Crippen LogP contribution in [-0.4, -0.2) is 40.9 Å². The first-order valence-electron chi connectivity index (χ1n) is 11.8. The van der Waals surface area contributed by atoms with Gasteiger partial charge < -0.3 is 27.4 Å². The monoisotopic (exact) mass is 481 g/mol. The summed E-state index contributed by atoms with van der Waals surface area (Å²) in [6, 6.07) is 16.3. The molecule has 2 amide bonds. The number of nitrogens with one attached hydrogen (secondary N) is 1. The molecule has 1 fully saturated rings. The molecule has 1 aliphatic heterocycles. The minimum Gasteiger partial charge on any atom is -0.397 e. The molecule has 0 saturated carbocycles. The molecular weight excluding hydrogens is 454 g/mol. The summed E-state index contributed by atoms with van der Waals surface area (Å²) in [5.41, 5.74) is 22.2. The van der Waals surface area contributed by atoms with E-state index in [4.69, 9.17) is 17.2 Å². The third-order valence-corrected chi connectivity index (χ3v) is 6.41. The summed E-state index contributed by atoms with van der Waals surface area (Å²) in [7, 11) is 0. The van der Waals surface area contributed by atoms with Crippen molar-refractivity contribution in [2.75, 3.05) is 29.0 Å². The summed E-state index contributed by atoms with van der Waals surface area (Å²) in [4.78, 5) is 36.1. The Morgan fingerprint density at radius 3 is 2.72 bits per heavy atom. The quantitative estimate of drug-likeness (QED) is 0.341. The van der Waals surface area contributed by atoms with Crippen molar-refractivity contribution in [3.8, 4) is 11.1 Å². The zero-order valence-corrected chi connectivity index (χ0v) is 19.6. The van der Waals surface area contributed by atoms with Crippen molar-refractivity contribution in [3.05, 3.63) is 78.2 Å². The van der Waals surface area contributed by atoms with Crippen LogP contribution in [0.4, 0.5) is 17.1 Å². The number of anilines is 3. The molecule has 0 spiro atoms. The van der Waals surface area contributed by atoms with Crippen molar-refractivity contribution < 1.29 is 9.59 Å². The van der Waals surface area contributed by atoms with E-state index in [1.54, 1.807) is 30.6 Å². The number of nitrogens with zero attached hydrogens (tertiary/aromatic N) is 3. The van der Waals surface area contributed by atoms with Gasteiger partial charge in [-0.25, -0.2) is 4.98 Å². The Morgan fingerprint density at radius 2 is 1.92 bits per heavy atom. The van der Waals surface area contributed by atoms with Crippen LogP contribution in [0.5, 0.6) is 0 Å². The van der Waals surface area contributed by atoms with Crippen LogP contribution in [0.25, 0.3) is 22.0 Å². The molecular formula is C27H27N7O2. The lowest BCUT2D eigenvalue weighted by Crippen LogP contribution is -2.43. The number of benzene rings is 2. The molecule has 0 bridgehead atoms. The smallest absolute Gasteiger partial charge is 0.276 e. The molecule has 2 aromatic carbocycles. The fourth-order valence-electron chi connectivity index (χ4n) is 4.65. The summed E-state index contributed by atoms with van der Waals surface area (Å²) >= 11 is 0. The lowest BCUT2D eigenvalue weighted by Gasteiger charge is -2.33. The number of piperidine rings is 1. The second-order valence-corrected chi connectivity index (χ2v) is 8.94. The van der Waals surface area contributed by atoms with Crippen LogP contribution in [0.15, 0.2) is 67.0 Å². The summed E-state index contributed by atoms with van der Waals surface area (Å²) in [5.74, 6) is -0.953. The lowest BCUT2D eigenvalue weighted by atomic mass is 9.98. The van der Waals surface area contributed by atoms with Gasteiger partial charge in [-0.3, -0.25) is 14.6 Å². The molecule has 0 aliphatic carbocycles. The number of hydrogen-bond acceptors (Lipinski definition) is 7. The summed E-state index contributed by atoms with van der Waals surface area (Å²) in [5, 5.41) is 3.70. The Bertz CT molecular complexity index is 1470. The SMILES string of the molecule is NC(=O)c1ccccc1-c1ccc2cc(N)c(C(=O)Nc3cnccc3N3CCCC(N)C3)nc2c1. The van der Waals surface area contributed by atoms with E-state index in [2.05, 4.69) is 20.2 Å². The minimum absolute atomic E-state index is 0.0853. The molecule has 0 radical (unpaired) electrons. The summed E-state index contributed by atoms with van der Waals surface area (Å²) < 4.78 is 0. The standard InChI is InChI=1S/C27H27N7O2/c28-18-4-3-11-34(15-18)24-9-10-31-14-23(24)33-27(36)25-21(29)12-17-8-7-16(13-22(17)32-25)19-5-1-2-6-20(19)26(30)35/h1-2,5-10,12-14,18H,3-4,11,15,28-29H2,(H2,30,35)(H,33,36). The van der Waals surface area contributed by atoms with Crippen molar-refractivity contribution in [2.24, 2.45) is 11.5 Å². The van der Waals surface area contributed by atoms with Crippen LogP contribution in [0.2, 0.25) is 0 Å². The van der Waals surface area contributed by atoms with Gasteiger partial charge in [-0.05, 0) is 48.2 Å². The number of hydrogen-bond donors (Lipinski definition) is 4. The minimum atomic E-state index is -0.516. The molecule has 2 aromatic heterocycles. The first kappa shape index (κ1) is 23.3. The van der Waals surface area contributed by atoms with E-state index in [0.717, 1.165) is 36.0 Å². The second kappa shape index (κ2) is 9.63. The van der Waals surface area contributed by atoms with E-state index >= 15 is 0 Å². The Kier molecular flexibility index (Phi) is 6.22. The van der Waals surface area contributed by atoms with Gasteiger partial charge in [0, 0.05) is 36.3 Å². The highest BCUT2D eigenvalue weighted by atomic mass is 16.2. The average molecular weight is 482 g/mol. The molecule has 1 aliphatic rings. The maximum atomic E-state index is 13.3. The van der Waals surface area contributed by atoms with Gasteiger partial charge in [-0.15, -0.1) is 0 Å². The number of carbonyl (C=O) groups is 2. The topological polar surface area (TPSA) is 153 Å². The fraction of sp³-hybridized carbons (Fsp3) is 0.185. The highest BCUT2D eigenvalue weighted by Crippen LogP contribution is 2.30.